The average molecular weight is 222 g/mol. The molecule has 15 heavy (non-hydrogen) atoms. The molecular formula is C11H8ClNO2. The first kappa shape index (κ1) is 9.93. The van der Waals surface area contributed by atoms with E-state index in [1.807, 2.05) is 12.1 Å². The molecule has 1 heterocycles. The summed E-state index contributed by atoms with van der Waals surface area (Å²) in [6, 6.07) is 5.42. The van der Waals surface area contributed by atoms with Gasteiger partial charge in [-0.15, -0.1) is 0 Å². The van der Waals surface area contributed by atoms with Crippen LogP contribution in [0.4, 0.5) is 0 Å². The molecule has 0 amide bonds. The smallest absolute Gasteiger partial charge is 0.153 e. The molecule has 0 unspecified atom stereocenters. The van der Waals surface area contributed by atoms with Crippen molar-refractivity contribution < 1.29 is 9.53 Å². The molecule has 0 aliphatic heterocycles. The number of fused-ring (bicyclic) bond motifs is 1. The van der Waals surface area contributed by atoms with Crippen LogP contribution in [0.3, 0.4) is 0 Å². The van der Waals surface area contributed by atoms with Crippen LogP contribution in [0.5, 0.6) is 5.75 Å². The van der Waals surface area contributed by atoms with Gasteiger partial charge in [-0.1, -0.05) is 11.6 Å². The molecule has 1 aromatic heterocycles. The number of aromatic nitrogens is 1. The summed E-state index contributed by atoms with van der Waals surface area (Å²) in [4.78, 5) is 14.8. The zero-order chi connectivity index (χ0) is 10.8. The first-order valence-electron chi connectivity index (χ1n) is 4.33. The molecule has 0 atom stereocenters. The fourth-order valence-electron chi connectivity index (χ4n) is 1.43. The summed E-state index contributed by atoms with van der Waals surface area (Å²) in [5.74, 6) is 0.688. The molecule has 0 bridgehead atoms. The van der Waals surface area contributed by atoms with Gasteiger partial charge in [0, 0.05) is 17.0 Å². The van der Waals surface area contributed by atoms with Crippen LogP contribution in [-0.2, 0) is 0 Å². The van der Waals surface area contributed by atoms with Crippen molar-refractivity contribution in [2.75, 3.05) is 7.11 Å². The summed E-state index contributed by atoms with van der Waals surface area (Å²) in [6.45, 7) is 0. The Morgan fingerprint density at radius 1 is 1.47 bits per heavy atom. The van der Waals surface area contributed by atoms with E-state index in [1.165, 1.54) is 0 Å². The van der Waals surface area contributed by atoms with E-state index in [9.17, 15) is 4.79 Å². The van der Waals surface area contributed by atoms with Gasteiger partial charge in [-0.05, 0) is 18.2 Å². The molecule has 0 saturated carbocycles. The van der Waals surface area contributed by atoms with Crippen molar-refractivity contribution >= 4 is 28.7 Å². The maximum Gasteiger partial charge on any atom is 0.153 e. The number of pyridine rings is 1. The third-order valence-corrected chi connectivity index (χ3v) is 2.51. The SMILES string of the molecule is COc1ccc2cnc(Cl)c(C=O)c2c1. The Morgan fingerprint density at radius 3 is 2.93 bits per heavy atom. The molecule has 0 aliphatic rings. The molecular weight excluding hydrogens is 214 g/mol. The zero-order valence-electron chi connectivity index (χ0n) is 8.03. The number of benzene rings is 1. The van der Waals surface area contributed by atoms with Gasteiger partial charge in [0.2, 0.25) is 0 Å². The summed E-state index contributed by atoms with van der Waals surface area (Å²) in [7, 11) is 1.57. The normalized spacial score (nSPS) is 10.3. The lowest BCUT2D eigenvalue weighted by Gasteiger charge is -2.04. The molecule has 0 saturated heterocycles. The minimum absolute atomic E-state index is 0.214. The first-order chi connectivity index (χ1) is 7.26. The molecule has 1 aromatic carbocycles. The van der Waals surface area contributed by atoms with E-state index in [2.05, 4.69) is 4.98 Å². The van der Waals surface area contributed by atoms with E-state index in [4.69, 9.17) is 16.3 Å². The van der Waals surface area contributed by atoms with Gasteiger partial charge in [0.05, 0.1) is 12.7 Å². The van der Waals surface area contributed by atoms with Gasteiger partial charge in [0.1, 0.15) is 10.9 Å². The summed E-state index contributed by atoms with van der Waals surface area (Å²) < 4.78 is 5.08. The maximum absolute atomic E-state index is 10.9. The summed E-state index contributed by atoms with van der Waals surface area (Å²) in [6.07, 6.45) is 2.33. The maximum atomic E-state index is 10.9. The molecule has 3 nitrogen and oxygen atoms in total. The number of halogens is 1. The molecule has 2 aromatic rings. The Balaban J connectivity index is 2.81. The summed E-state index contributed by atoms with van der Waals surface area (Å²) in [5.41, 5.74) is 0.396. The lowest BCUT2D eigenvalue weighted by Crippen LogP contribution is -1.90. The molecule has 0 fully saturated rings. The van der Waals surface area contributed by atoms with Crippen molar-refractivity contribution in [1.29, 1.82) is 0 Å². The molecule has 0 aliphatic carbocycles. The minimum atomic E-state index is 0.214. The van der Waals surface area contributed by atoms with Crippen LogP contribution in [0, 0.1) is 0 Å². The van der Waals surface area contributed by atoms with Crippen LogP contribution in [0.15, 0.2) is 24.4 Å². The van der Waals surface area contributed by atoms with E-state index in [0.29, 0.717) is 17.6 Å². The number of ether oxygens (including phenoxy) is 1. The van der Waals surface area contributed by atoms with Gasteiger partial charge in [0.15, 0.2) is 6.29 Å². The standard InChI is InChI=1S/C11H8ClNO2/c1-15-8-3-2-7-5-13-11(12)10(6-14)9(7)4-8/h2-6H,1H3. The predicted octanol–water partition coefficient (Wildman–Crippen LogP) is 2.71. The highest BCUT2D eigenvalue weighted by molar-refractivity contribution is 6.33. The number of rotatable bonds is 2. The van der Waals surface area contributed by atoms with Crippen molar-refractivity contribution in [3.8, 4) is 5.75 Å². The van der Waals surface area contributed by atoms with Crippen molar-refractivity contribution in [2.24, 2.45) is 0 Å². The lowest BCUT2D eigenvalue weighted by molar-refractivity contribution is 0.112. The molecule has 4 heteroatoms. The van der Waals surface area contributed by atoms with E-state index >= 15 is 0 Å². The number of methoxy groups -OCH3 is 1. The van der Waals surface area contributed by atoms with Gasteiger partial charge >= 0.3 is 0 Å². The highest BCUT2D eigenvalue weighted by Crippen LogP contribution is 2.26. The number of nitrogens with zero attached hydrogens (tertiary/aromatic N) is 1. The van der Waals surface area contributed by atoms with Crippen LogP contribution < -0.4 is 4.74 Å². The second-order valence-electron chi connectivity index (χ2n) is 3.03. The van der Waals surface area contributed by atoms with Crippen molar-refractivity contribution in [1.82, 2.24) is 4.98 Å². The summed E-state index contributed by atoms with van der Waals surface area (Å²) >= 11 is 5.82. The summed E-state index contributed by atoms with van der Waals surface area (Å²) in [5, 5.41) is 1.83. The molecule has 0 N–H and O–H groups in total. The Bertz CT molecular complexity index is 525. The number of carbonyl (C=O) groups is 1. The second kappa shape index (κ2) is 3.87. The van der Waals surface area contributed by atoms with Crippen LogP contribution >= 0.6 is 11.6 Å². The average Bonchev–Trinajstić information content (AvgIpc) is 2.28. The van der Waals surface area contributed by atoms with Crippen molar-refractivity contribution in [3.63, 3.8) is 0 Å². The van der Waals surface area contributed by atoms with Gasteiger partial charge in [-0.25, -0.2) is 4.98 Å². The number of hydrogen-bond donors (Lipinski definition) is 0. The zero-order valence-corrected chi connectivity index (χ0v) is 8.78. The van der Waals surface area contributed by atoms with E-state index < -0.39 is 0 Å². The number of carbonyl (C=O) groups excluding carboxylic acids is 1. The van der Waals surface area contributed by atoms with Gasteiger partial charge in [0.25, 0.3) is 0 Å². The Kier molecular flexibility index (Phi) is 2.56. The lowest BCUT2D eigenvalue weighted by atomic mass is 10.1. The van der Waals surface area contributed by atoms with Gasteiger partial charge < -0.3 is 4.74 Å². The molecule has 0 radical (unpaired) electrons. The van der Waals surface area contributed by atoms with Crippen LogP contribution in [0.2, 0.25) is 5.15 Å². The third-order valence-electron chi connectivity index (χ3n) is 2.21. The van der Waals surface area contributed by atoms with Crippen LogP contribution in [0.1, 0.15) is 10.4 Å². The first-order valence-corrected chi connectivity index (χ1v) is 4.71. The van der Waals surface area contributed by atoms with E-state index in [0.717, 1.165) is 10.8 Å². The molecule has 2 rings (SSSR count). The fraction of sp³-hybridized carbons (Fsp3) is 0.0909. The number of hydrogen-bond acceptors (Lipinski definition) is 3. The highest BCUT2D eigenvalue weighted by atomic mass is 35.5. The van der Waals surface area contributed by atoms with E-state index in [-0.39, 0.29) is 5.15 Å². The van der Waals surface area contributed by atoms with E-state index in [1.54, 1.807) is 19.4 Å². The monoisotopic (exact) mass is 221 g/mol. The van der Waals surface area contributed by atoms with Crippen molar-refractivity contribution in [2.45, 2.75) is 0 Å². The minimum Gasteiger partial charge on any atom is -0.497 e. The van der Waals surface area contributed by atoms with Gasteiger partial charge in [-0.3, -0.25) is 4.79 Å². The van der Waals surface area contributed by atoms with Crippen LogP contribution in [0.25, 0.3) is 10.8 Å². The highest BCUT2D eigenvalue weighted by Gasteiger charge is 2.07. The molecule has 76 valence electrons. The predicted molar refractivity (Wildman–Crippen MR) is 58.7 cm³/mol. The van der Waals surface area contributed by atoms with Gasteiger partial charge in [-0.2, -0.15) is 0 Å². The Labute approximate surface area is 91.6 Å². The topological polar surface area (TPSA) is 39.2 Å². The Hall–Kier alpha value is -1.61. The molecule has 0 spiro atoms. The quantitative estimate of drug-likeness (QED) is 0.578. The largest absolute Gasteiger partial charge is 0.497 e. The number of aldehydes is 1. The van der Waals surface area contributed by atoms with Crippen LogP contribution in [-0.4, -0.2) is 18.4 Å². The Morgan fingerprint density at radius 2 is 2.27 bits per heavy atom. The third kappa shape index (κ3) is 1.66. The van der Waals surface area contributed by atoms with Crippen molar-refractivity contribution in [3.05, 3.63) is 35.1 Å². The fourth-order valence-corrected chi connectivity index (χ4v) is 1.62. The second-order valence-corrected chi connectivity index (χ2v) is 3.39.